The number of likely N-dealkylation sites (N-methyl/N-ethyl adjacent to an activating group) is 1. The Hall–Kier alpha value is -1.66. The minimum atomic E-state index is -0.773. The van der Waals surface area contributed by atoms with Crippen LogP contribution in [0.3, 0.4) is 0 Å². The van der Waals surface area contributed by atoms with Gasteiger partial charge in [0.25, 0.3) is 5.56 Å². The smallest absolute Gasteiger partial charge is 0.345 e. The number of hydrogen-bond acceptors (Lipinski definition) is 5. The second-order valence-corrected chi connectivity index (χ2v) is 6.10. The van der Waals surface area contributed by atoms with Crippen LogP contribution in [0.5, 0.6) is 0 Å². The minimum Gasteiger partial charge on any atom is -0.451 e. The number of rotatable bonds is 6. The SMILES string of the molecule is CCN(CC)CC(O)Cn1ccc2c(c1=O)C(=O)OC2(C)C. The molecule has 0 saturated heterocycles. The van der Waals surface area contributed by atoms with Gasteiger partial charge in [0.15, 0.2) is 0 Å². The van der Waals surface area contributed by atoms with Crippen LogP contribution in [-0.4, -0.2) is 46.3 Å². The van der Waals surface area contributed by atoms with E-state index in [0.717, 1.165) is 13.1 Å². The van der Waals surface area contributed by atoms with Crippen LogP contribution in [0.2, 0.25) is 0 Å². The largest absolute Gasteiger partial charge is 0.451 e. The maximum Gasteiger partial charge on any atom is 0.345 e. The molecule has 0 bridgehead atoms. The molecule has 6 heteroatoms. The number of carbonyl (C=O) groups excluding carboxylic acids is 1. The van der Waals surface area contributed by atoms with E-state index < -0.39 is 23.2 Å². The molecule has 0 spiro atoms. The summed E-state index contributed by atoms with van der Waals surface area (Å²) in [7, 11) is 0. The summed E-state index contributed by atoms with van der Waals surface area (Å²) >= 11 is 0. The molecule has 1 aromatic heterocycles. The third-order valence-electron chi connectivity index (χ3n) is 4.14. The lowest BCUT2D eigenvalue weighted by Gasteiger charge is -2.22. The molecule has 0 radical (unpaired) electrons. The van der Waals surface area contributed by atoms with Crippen molar-refractivity contribution in [2.75, 3.05) is 19.6 Å². The van der Waals surface area contributed by atoms with E-state index in [1.807, 2.05) is 13.8 Å². The summed E-state index contributed by atoms with van der Waals surface area (Å²) < 4.78 is 6.62. The second kappa shape index (κ2) is 6.22. The van der Waals surface area contributed by atoms with E-state index in [1.165, 1.54) is 4.57 Å². The number of aliphatic hydroxyl groups is 1. The molecule has 22 heavy (non-hydrogen) atoms. The van der Waals surface area contributed by atoms with Gasteiger partial charge >= 0.3 is 5.97 Å². The van der Waals surface area contributed by atoms with Crippen LogP contribution >= 0.6 is 0 Å². The highest BCUT2D eigenvalue weighted by Crippen LogP contribution is 2.33. The van der Waals surface area contributed by atoms with Gasteiger partial charge in [-0.3, -0.25) is 4.79 Å². The van der Waals surface area contributed by atoms with Gasteiger partial charge in [-0.15, -0.1) is 0 Å². The predicted octanol–water partition coefficient (Wildman–Crippen LogP) is 0.956. The Labute approximate surface area is 130 Å². The number of hydrogen-bond donors (Lipinski definition) is 1. The zero-order chi connectivity index (χ0) is 16.5. The van der Waals surface area contributed by atoms with Crippen molar-refractivity contribution in [1.29, 1.82) is 0 Å². The lowest BCUT2D eigenvalue weighted by Crippen LogP contribution is -2.37. The van der Waals surface area contributed by atoms with E-state index in [4.69, 9.17) is 4.74 Å². The lowest BCUT2D eigenvalue weighted by molar-refractivity contribution is 0.00948. The van der Waals surface area contributed by atoms with Gasteiger partial charge in [0.2, 0.25) is 0 Å². The molecular formula is C16H24N2O4. The van der Waals surface area contributed by atoms with Gasteiger partial charge in [0.05, 0.1) is 12.6 Å². The van der Waals surface area contributed by atoms with E-state index >= 15 is 0 Å². The molecule has 0 aromatic carbocycles. The number of fused-ring (bicyclic) bond motifs is 1. The lowest BCUT2D eigenvalue weighted by atomic mass is 9.97. The Morgan fingerprint density at radius 1 is 1.32 bits per heavy atom. The van der Waals surface area contributed by atoms with Crippen LogP contribution in [-0.2, 0) is 16.9 Å². The fourth-order valence-electron chi connectivity index (χ4n) is 2.82. The standard InChI is InChI=1S/C16H24N2O4/c1-5-17(6-2)9-11(19)10-18-8-7-12-13(14(18)20)15(21)22-16(12,3)4/h7-8,11,19H,5-6,9-10H2,1-4H3. The van der Waals surface area contributed by atoms with Crippen molar-refractivity contribution >= 4 is 5.97 Å². The Morgan fingerprint density at radius 2 is 1.95 bits per heavy atom. The van der Waals surface area contributed by atoms with Gasteiger partial charge in [-0.2, -0.15) is 0 Å². The number of ether oxygens (including phenoxy) is 1. The van der Waals surface area contributed by atoms with Crippen LogP contribution in [0.15, 0.2) is 17.1 Å². The van der Waals surface area contributed by atoms with Gasteiger partial charge in [-0.05, 0) is 33.0 Å². The second-order valence-electron chi connectivity index (χ2n) is 6.10. The highest BCUT2D eigenvalue weighted by Gasteiger charge is 2.40. The first kappa shape index (κ1) is 16.7. The summed E-state index contributed by atoms with van der Waals surface area (Å²) in [5, 5.41) is 10.2. The van der Waals surface area contributed by atoms with E-state index in [0.29, 0.717) is 12.1 Å². The van der Waals surface area contributed by atoms with Crippen molar-refractivity contribution in [3.8, 4) is 0 Å². The van der Waals surface area contributed by atoms with Crippen molar-refractivity contribution in [1.82, 2.24) is 9.47 Å². The number of carbonyl (C=O) groups is 1. The third-order valence-corrected chi connectivity index (χ3v) is 4.14. The highest BCUT2D eigenvalue weighted by molar-refractivity contribution is 5.94. The van der Waals surface area contributed by atoms with Gasteiger partial charge in [-0.1, -0.05) is 13.8 Å². The Morgan fingerprint density at radius 3 is 2.55 bits per heavy atom. The van der Waals surface area contributed by atoms with Crippen molar-refractivity contribution < 1.29 is 14.6 Å². The molecule has 0 saturated carbocycles. The fraction of sp³-hybridized carbons (Fsp3) is 0.625. The van der Waals surface area contributed by atoms with Crippen molar-refractivity contribution in [2.24, 2.45) is 0 Å². The van der Waals surface area contributed by atoms with E-state index in [2.05, 4.69) is 4.90 Å². The molecule has 2 rings (SSSR count). The molecule has 0 amide bonds. The summed E-state index contributed by atoms with van der Waals surface area (Å²) in [6.07, 6.45) is 0.956. The van der Waals surface area contributed by atoms with Gasteiger partial charge in [0.1, 0.15) is 11.2 Å². The third kappa shape index (κ3) is 3.08. The first-order valence-electron chi connectivity index (χ1n) is 7.67. The van der Waals surface area contributed by atoms with Crippen LogP contribution < -0.4 is 5.56 Å². The Kier molecular flexibility index (Phi) is 4.72. The van der Waals surface area contributed by atoms with Crippen molar-refractivity contribution in [2.45, 2.75) is 45.9 Å². The molecule has 1 atom stereocenters. The zero-order valence-corrected chi connectivity index (χ0v) is 13.6. The van der Waals surface area contributed by atoms with Gasteiger partial charge in [0, 0.05) is 18.3 Å². The summed E-state index contributed by atoms with van der Waals surface area (Å²) in [5.41, 5.74) is -0.476. The molecule has 1 aliphatic heterocycles. The fourth-order valence-corrected chi connectivity index (χ4v) is 2.82. The molecular weight excluding hydrogens is 284 g/mol. The average molecular weight is 308 g/mol. The molecule has 0 aliphatic carbocycles. The summed E-state index contributed by atoms with van der Waals surface area (Å²) in [6, 6.07) is 1.73. The quantitative estimate of drug-likeness (QED) is 0.793. The number of aromatic nitrogens is 1. The number of esters is 1. The first-order valence-corrected chi connectivity index (χ1v) is 7.67. The van der Waals surface area contributed by atoms with Crippen LogP contribution in [0.1, 0.15) is 43.6 Å². The predicted molar refractivity (Wildman–Crippen MR) is 82.9 cm³/mol. The first-order chi connectivity index (χ1) is 10.3. The zero-order valence-electron chi connectivity index (χ0n) is 13.6. The maximum absolute atomic E-state index is 12.5. The van der Waals surface area contributed by atoms with E-state index in [9.17, 15) is 14.7 Å². The van der Waals surface area contributed by atoms with Gasteiger partial charge in [-0.25, -0.2) is 4.79 Å². The molecule has 1 unspecified atom stereocenters. The van der Waals surface area contributed by atoms with Crippen molar-refractivity contribution in [3.63, 3.8) is 0 Å². The van der Waals surface area contributed by atoms with Crippen LogP contribution in [0.4, 0.5) is 0 Å². The minimum absolute atomic E-state index is 0.0857. The Bertz CT molecular complexity index is 617. The van der Waals surface area contributed by atoms with Gasteiger partial charge < -0.3 is 19.3 Å². The summed E-state index contributed by atoms with van der Waals surface area (Å²) in [5.74, 6) is -0.586. The van der Waals surface area contributed by atoms with E-state index in [1.54, 1.807) is 26.1 Å². The topological polar surface area (TPSA) is 71.8 Å². The van der Waals surface area contributed by atoms with Crippen molar-refractivity contribution in [3.05, 3.63) is 33.7 Å². The summed E-state index contributed by atoms with van der Waals surface area (Å²) in [4.78, 5) is 26.4. The molecule has 122 valence electrons. The number of pyridine rings is 1. The number of cyclic esters (lactones) is 1. The molecule has 1 aliphatic rings. The highest BCUT2D eigenvalue weighted by atomic mass is 16.6. The molecule has 1 N–H and O–H groups in total. The normalized spacial score (nSPS) is 17.5. The number of nitrogens with zero attached hydrogens (tertiary/aromatic N) is 2. The average Bonchev–Trinajstić information content (AvgIpc) is 2.69. The molecule has 1 aromatic rings. The Balaban J connectivity index is 2.23. The van der Waals surface area contributed by atoms with Crippen LogP contribution in [0, 0.1) is 0 Å². The molecule has 0 fully saturated rings. The monoisotopic (exact) mass is 308 g/mol. The summed E-state index contributed by atoms with van der Waals surface area (Å²) in [6.45, 7) is 9.90. The molecule has 6 nitrogen and oxygen atoms in total. The maximum atomic E-state index is 12.5. The molecule has 2 heterocycles. The number of aliphatic hydroxyl groups excluding tert-OH is 1. The van der Waals surface area contributed by atoms with E-state index in [-0.39, 0.29) is 12.1 Å². The van der Waals surface area contributed by atoms with Crippen LogP contribution in [0.25, 0.3) is 0 Å².